The second kappa shape index (κ2) is 6.95. The first kappa shape index (κ1) is 16.8. The first-order valence-electron chi connectivity index (χ1n) is 7.02. The quantitative estimate of drug-likeness (QED) is 0.620. The molecule has 1 aromatic carbocycles. The van der Waals surface area contributed by atoms with Gasteiger partial charge in [-0.1, -0.05) is 33.8 Å². The van der Waals surface area contributed by atoms with Gasteiger partial charge >= 0.3 is 0 Å². The molecule has 0 bridgehead atoms. The Morgan fingerprint density at radius 2 is 1.65 bits per heavy atom. The van der Waals surface area contributed by atoms with E-state index in [1.54, 1.807) is 14.2 Å². The molecule has 0 fully saturated rings. The maximum absolute atomic E-state index is 5.78. The Balaban J connectivity index is 3.12. The highest BCUT2D eigenvalue weighted by Gasteiger charge is 2.27. The van der Waals surface area contributed by atoms with E-state index in [1.165, 1.54) is 0 Å². The minimum atomic E-state index is -0.00433. The Kier molecular flexibility index (Phi) is 5.84. The Hall–Kier alpha value is -1.26. The van der Waals surface area contributed by atoms with Crippen LogP contribution in [-0.4, -0.2) is 14.2 Å². The molecule has 0 aliphatic rings. The first-order valence-corrected chi connectivity index (χ1v) is 7.02. The molecule has 1 aromatic rings. The second-order valence-corrected chi connectivity index (χ2v) is 6.30. The summed E-state index contributed by atoms with van der Waals surface area (Å²) in [6, 6.07) is 5.78. The van der Waals surface area contributed by atoms with Crippen molar-refractivity contribution < 1.29 is 9.47 Å². The van der Waals surface area contributed by atoms with Crippen LogP contribution in [-0.2, 0) is 0 Å². The highest BCUT2D eigenvalue weighted by Crippen LogP contribution is 2.39. The third-order valence-corrected chi connectivity index (χ3v) is 4.08. The molecule has 0 spiro atoms. The molecule has 0 saturated heterocycles. The summed E-state index contributed by atoms with van der Waals surface area (Å²) in [4.78, 5) is 0. The maximum atomic E-state index is 5.78. The van der Waals surface area contributed by atoms with Crippen LogP contribution in [0.15, 0.2) is 18.2 Å². The van der Waals surface area contributed by atoms with E-state index in [9.17, 15) is 0 Å². The van der Waals surface area contributed by atoms with Gasteiger partial charge in [-0.15, -0.1) is 0 Å². The number of methoxy groups -OCH3 is 2. The zero-order valence-corrected chi connectivity index (χ0v) is 13.5. The lowest BCUT2D eigenvalue weighted by atomic mass is 9.77. The van der Waals surface area contributed by atoms with Crippen LogP contribution in [0.1, 0.15) is 45.7 Å². The molecule has 3 N–H and O–H groups in total. The number of nitrogens with two attached hydrogens (primary N) is 1. The van der Waals surface area contributed by atoms with Crippen molar-refractivity contribution in [1.82, 2.24) is 5.43 Å². The van der Waals surface area contributed by atoms with Gasteiger partial charge < -0.3 is 9.47 Å². The molecular weight excluding hydrogens is 252 g/mol. The van der Waals surface area contributed by atoms with Gasteiger partial charge in [-0.25, -0.2) is 0 Å². The zero-order chi connectivity index (χ0) is 15.3. The van der Waals surface area contributed by atoms with Gasteiger partial charge in [0.2, 0.25) is 0 Å². The molecule has 0 aromatic heterocycles. The van der Waals surface area contributed by atoms with Crippen LogP contribution in [0.4, 0.5) is 0 Å². The fourth-order valence-electron chi connectivity index (χ4n) is 2.20. The third kappa shape index (κ3) is 3.87. The average Bonchev–Trinajstić information content (AvgIpc) is 2.42. The summed E-state index contributed by atoms with van der Waals surface area (Å²) in [5, 5.41) is 0. The Morgan fingerprint density at radius 3 is 2.00 bits per heavy atom. The summed E-state index contributed by atoms with van der Waals surface area (Å²) in [5.74, 6) is 7.88. The van der Waals surface area contributed by atoms with Gasteiger partial charge in [-0.3, -0.25) is 11.3 Å². The molecular formula is C16H28N2O2. The first-order chi connectivity index (χ1) is 9.35. The van der Waals surface area contributed by atoms with E-state index in [-0.39, 0.29) is 11.5 Å². The van der Waals surface area contributed by atoms with Gasteiger partial charge in [0.1, 0.15) is 11.5 Å². The van der Waals surface area contributed by atoms with E-state index in [1.807, 2.05) is 18.2 Å². The minimum Gasteiger partial charge on any atom is -0.496 e. The van der Waals surface area contributed by atoms with Gasteiger partial charge in [0.25, 0.3) is 0 Å². The SMILES string of the molecule is COc1cccc(OC)c1C(CC(C)C(C)(C)C)NN. The largest absolute Gasteiger partial charge is 0.496 e. The van der Waals surface area contributed by atoms with Crippen molar-refractivity contribution >= 4 is 0 Å². The summed E-state index contributed by atoms with van der Waals surface area (Å²) in [5.41, 5.74) is 4.12. The van der Waals surface area contributed by atoms with Gasteiger partial charge in [-0.05, 0) is 29.9 Å². The topological polar surface area (TPSA) is 56.5 Å². The number of nitrogens with one attached hydrogen (secondary N) is 1. The van der Waals surface area contributed by atoms with E-state index in [2.05, 4.69) is 33.1 Å². The highest BCUT2D eigenvalue weighted by molar-refractivity contribution is 5.47. The molecule has 0 aliphatic heterocycles. The summed E-state index contributed by atoms with van der Waals surface area (Å²) < 4.78 is 10.9. The lowest BCUT2D eigenvalue weighted by Crippen LogP contribution is -2.32. The summed E-state index contributed by atoms with van der Waals surface area (Å²) in [7, 11) is 3.33. The maximum Gasteiger partial charge on any atom is 0.127 e. The van der Waals surface area contributed by atoms with Crippen LogP contribution in [0.5, 0.6) is 11.5 Å². The van der Waals surface area contributed by atoms with Crippen LogP contribution in [0, 0.1) is 11.3 Å². The van der Waals surface area contributed by atoms with Gasteiger partial charge in [0.15, 0.2) is 0 Å². The number of hydrazine groups is 1. The highest BCUT2D eigenvalue weighted by atomic mass is 16.5. The summed E-state index contributed by atoms with van der Waals surface area (Å²) >= 11 is 0. The van der Waals surface area contributed by atoms with Crippen molar-refractivity contribution in [1.29, 1.82) is 0 Å². The number of hydrogen-bond donors (Lipinski definition) is 2. The second-order valence-electron chi connectivity index (χ2n) is 6.30. The van der Waals surface area contributed by atoms with Gasteiger partial charge in [-0.2, -0.15) is 0 Å². The molecule has 1 rings (SSSR count). The minimum absolute atomic E-state index is 0.00433. The zero-order valence-electron chi connectivity index (χ0n) is 13.5. The molecule has 0 heterocycles. The monoisotopic (exact) mass is 280 g/mol. The predicted molar refractivity (Wildman–Crippen MR) is 82.8 cm³/mol. The molecule has 114 valence electrons. The predicted octanol–water partition coefficient (Wildman–Crippen LogP) is 3.28. The van der Waals surface area contributed by atoms with E-state index in [4.69, 9.17) is 15.3 Å². The van der Waals surface area contributed by atoms with Crippen molar-refractivity contribution in [3.05, 3.63) is 23.8 Å². The molecule has 4 nitrogen and oxygen atoms in total. The number of benzene rings is 1. The van der Waals surface area contributed by atoms with Crippen LogP contribution < -0.4 is 20.7 Å². The average molecular weight is 280 g/mol. The molecule has 0 saturated carbocycles. The molecule has 4 heteroatoms. The normalized spacial score (nSPS) is 14.8. The van der Waals surface area contributed by atoms with Gasteiger partial charge in [0, 0.05) is 0 Å². The van der Waals surface area contributed by atoms with Crippen LogP contribution in [0.2, 0.25) is 0 Å². The lowest BCUT2D eigenvalue weighted by molar-refractivity contribution is 0.220. The number of rotatable bonds is 6. The van der Waals surface area contributed by atoms with E-state index in [0.29, 0.717) is 5.92 Å². The van der Waals surface area contributed by atoms with Crippen molar-refractivity contribution in [2.45, 2.75) is 40.2 Å². The number of hydrogen-bond acceptors (Lipinski definition) is 4. The van der Waals surface area contributed by atoms with Crippen molar-refractivity contribution in [2.75, 3.05) is 14.2 Å². The van der Waals surface area contributed by atoms with Crippen molar-refractivity contribution in [3.63, 3.8) is 0 Å². The van der Waals surface area contributed by atoms with E-state index >= 15 is 0 Å². The summed E-state index contributed by atoms with van der Waals surface area (Å²) in [6.07, 6.45) is 0.913. The fourth-order valence-corrected chi connectivity index (χ4v) is 2.20. The molecule has 2 atom stereocenters. The van der Waals surface area contributed by atoms with Crippen LogP contribution in [0.25, 0.3) is 0 Å². The molecule has 20 heavy (non-hydrogen) atoms. The third-order valence-electron chi connectivity index (χ3n) is 4.08. The summed E-state index contributed by atoms with van der Waals surface area (Å²) in [6.45, 7) is 8.96. The Morgan fingerprint density at radius 1 is 1.15 bits per heavy atom. The van der Waals surface area contributed by atoms with Crippen molar-refractivity contribution in [2.24, 2.45) is 17.2 Å². The van der Waals surface area contributed by atoms with E-state index < -0.39 is 0 Å². The Bertz CT molecular complexity index is 405. The number of ether oxygens (including phenoxy) is 2. The molecule has 0 aliphatic carbocycles. The van der Waals surface area contributed by atoms with E-state index in [0.717, 1.165) is 23.5 Å². The van der Waals surface area contributed by atoms with Crippen molar-refractivity contribution in [3.8, 4) is 11.5 Å². The fraction of sp³-hybridized carbons (Fsp3) is 0.625. The van der Waals surface area contributed by atoms with Crippen LogP contribution >= 0.6 is 0 Å². The molecule has 0 amide bonds. The van der Waals surface area contributed by atoms with Crippen LogP contribution in [0.3, 0.4) is 0 Å². The smallest absolute Gasteiger partial charge is 0.127 e. The Labute approximate surface area is 122 Å². The lowest BCUT2D eigenvalue weighted by Gasteiger charge is -2.31. The molecule has 2 unspecified atom stereocenters. The van der Waals surface area contributed by atoms with Gasteiger partial charge in [0.05, 0.1) is 25.8 Å². The molecule has 0 radical (unpaired) electrons. The standard InChI is InChI=1S/C16H28N2O2/c1-11(16(2,3)4)10-12(18-17)15-13(19-5)8-7-9-14(15)20-6/h7-9,11-12,18H,10,17H2,1-6H3.